The van der Waals surface area contributed by atoms with Crippen LogP contribution in [0, 0.1) is 22.7 Å². The molecule has 1 aliphatic rings. The lowest BCUT2D eigenvalue weighted by atomic mass is 10.2. The standard InChI is InChI=1S/C18H16N6O/c19-11-14-1-4-16(5-2-14)22-18(25)24-9-7-23(8-10-24)17-6-3-15(12-20)13-21-17/h1-6,13H,7-10H2,(H,22,25). The first-order chi connectivity index (χ1) is 12.2. The predicted molar refractivity (Wildman–Crippen MR) is 92.9 cm³/mol. The zero-order chi connectivity index (χ0) is 17.6. The van der Waals surface area contributed by atoms with E-state index < -0.39 is 0 Å². The third-order valence-electron chi connectivity index (χ3n) is 4.03. The zero-order valence-electron chi connectivity index (χ0n) is 13.5. The maximum atomic E-state index is 12.3. The van der Waals surface area contributed by atoms with Gasteiger partial charge < -0.3 is 15.1 Å². The Bertz CT molecular complexity index is 824. The normalized spacial score (nSPS) is 13.7. The molecule has 3 rings (SSSR count). The highest BCUT2D eigenvalue weighted by Crippen LogP contribution is 2.15. The minimum absolute atomic E-state index is 0.155. The van der Waals surface area contributed by atoms with Crippen LogP contribution in [0.3, 0.4) is 0 Å². The molecule has 0 saturated carbocycles. The monoisotopic (exact) mass is 332 g/mol. The second-order valence-corrected chi connectivity index (χ2v) is 5.61. The van der Waals surface area contributed by atoms with E-state index >= 15 is 0 Å². The fourth-order valence-corrected chi connectivity index (χ4v) is 2.61. The van der Waals surface area contributed by atoms with Crippen molar-refractivity contribution in [3.63, 3.8) is 0 Å². The van der Waals surface area contributed by atoms with Crippen LogP contribution >= 0.6 is 0 Å². The van der Waals surface area contributed by atoms with Crippen molar-refractivity contribution < 1.29 is 4.79 Å². The molecule has 2 amide bonds. The van der Waals surface area contributed by atoms with Gasteiger partial charge in [-0.15, -0.1) is 0 Å². The molecule has 0 radical (unpaired) electrons. The van der Waals surface area contributed by atoms with Crippen LogP contribution in [0.2, 0.25) is 0 Å². The number of carbonyl (C=O) groups is 1. The van der Waals surface area contributed by atoms with E-state index in [0.29, 0.717) is 43.0 Å². The number of hydrogen-bond acceptors (Lipinski definition) is 5. The van der Waals surface area contributed by atoms with Crippen LogP contribution in [0.4, 0.5) is 16.3 Å². The molecule has 7 nitrogen and oxygen atoms in total. The first kappa shape index (κ1) is 16.3. The molecule has 124 valence electrons. The third kappa shape index (κ3) is 3.85. The Labute approximate surface area is 145 Å². The number of nitrogens with zero attached hydrogens (tertiary/aromatic N) is 5. The van der Waals surface area contributed by atoms with Crippen molar-refractivity contribution in [2.75, 3.05) is 36.4 Å². The molecular weight excluding hydrogens is 316 g/mol. The Balaban J connectivity index is 1.55. The van der Waals surface area contributed by atoms with Crippen molar-refractivity contribution in [1.29, 1.82) is 10.5 Å². The summed E-state index contributed by atoms with van der Waals surface area (Å²) < 4.78 is 0. The van der Waals surface area contributed by atoms with Gasteiger partial charge in [-0.3, -0.25) is 0 Å². The number of piperazine rings is 1. The molecule has 1 aromatic heterocycles. The van der Waals surface area contributed by atoms with Crippen molar-refractivity contribution in [3.8, 4) is 12.1 Å². The first-order valence-corrected chi connectivity index (χ1v) is 7.87. The van der Waals surface area contributed by atoms with Crippen LogP contribution in [-0.2, 0) is 0 Å². The molecule has 0 unspecified atom stereocenters. The van der Waals surface area contributed by atoms with Crippen molar-refractivity contribution in [3.05, 3.63) is 53.7 Å². The van der Waals surface area contributed by atoms with Crippen LogP contribution < -0.4 is 10.2 Å². The van der Waals surface area contributed by atoms with Crippen molar-refractivity contribution in [2.45, 2.75) is 0 Å². The number of hydrogen-bond donors (Lipinski definition) is 1. The molecular formula is C18H16N6O. The fourth-order valence-electron chi connectivity index (χ4n) is 2.61. The summed E-state index contributed by atoms with van der Waals surface area (Å²) in [7, 11) is 0. The SMILES string of the molecule is N#Cc1ccc(NC(=O)N2CCN(c3ccc(C#N)cn3)CC2)cc1. The Morgan fingerprint density at radius 3 is 2.16 bits per heavy atom. The summed E-state index contributed by atoms with van der Waals surface area (Å²) in [6.45, 7) is 2.53. The van der Waals surface area contributed by atoms with Crippen LogP contribution in [0.25, 0.3) is 0 Å². The Morgan fingerprint density at radius 2 is 1.60 bits per heavy atom. The topological polar surface area (TPSA) is 96.0 Å². The van der Waals surface area contributed by atoms with Gasteiger partial charge in [-0.2, -0.15) is 10.5 Å². The molecule has 1 fully saturated rings. The number of nitrogens with one attached hydrogen (secondary N) is 1. The Kier molecular flexibility index (Phi) is 4.77. The number of amides is 2. The average Bonchev–Trinajstić information content (AvgIpc) is 2.69. The summed E-state index contributed by atoms with van der Waals surface area (Å²) in [6.07, 6.45) is 1.55. The number of rotatable bonds is 2. The number of aromatic nitrogens is 1. The Hall–Kier alpha value is -3.58. The third-order valence-corrected chi connectivity index (χ3v) is 4.03. The molecule has 1 aliphatic heterocycles. The minimum Gasteiger partial charge on any atom is -0.353 e. The van der Waals surface area contributed by atoms with Gasteiger partial charge in [0.1, 0.15) is 11.9 Å². The highest BCUT2D eigenvalue weighted by molar-refractivity contribution is 5.89. The highest BCUT2D eigenvalue weighted by atomic mass is 16.2. The predicted octanol–water partition coefficient (Wildman–Crippen LogP) is 2.18. The number of urea groups is 1. The fraction of sp³-hybridized carbons (Fsp3) is 0.222. The summed E-state index contributed by atoms with van der Waals surface area (Å²) >= 11 is 0. The van der Waals surface area contributed by atoms with Crippen LogP contribution in [0.15, 0.2) is 42.6 Å². The molecule has 1 saturated heterocycles. The average molecular weight is 332 g/mol. The van der Waals surface area contributed by atoms with Gasteiger partial charge in [-0.1, -0.05) is 0 Å². The van der Waals surface area contributed by atoms with Crippen LogP contribution in [0.1, 0.15) is 11.1 Å². The van der Waals surface area contributed by atoms with E-state index in [4.69, 9.17) is 10.5 Å². The number of nitriles is 2. The van der Waals surface area contributed by atoms with E-state index in [0.717, 1.165) is 5.82 Å². The molecule has 25 heavy (non-hydrogen) atoms. The number of pyridine rings is 1. The van der Waals surface area contributed by atoms with Gasteiger partial charge in [0, 0.05) is 38.1 Å². The van der Waals surface area contributed by atoms with Gasteiger partial charge >= 0.3 is 6.03 Å². The second-order valence-electron chi connectivity index (χ2n) is 5.61. The molecule has 1 N–H and O–H groups in total. The summed E-state index contributed by atoms with van der Waals surface area (Å²) in [5, 5.41) is 20.4. The molecule has 7 heteroatoms. The van der Waals surface area contributed by atoms with Crippen molar-refractivity contribution in [2.24, 2.45) is 0 Å². The molecule has 2 heterocycles. The molecule has 0 spiro atoms. The maximum Gasteiger partial charge on any atom is 0.321 e. The molecule has 0 aliphatic carbocycles. The smallest absolute Gasteiger partial charge is 0.321 e. The number of benzene rings is 1. The first-order valence-electron chi connectivity index (χ1n) is 7.87. The zero-order valence-corrected chi connectivity index (χ0v) is 13.5. The van der Waals surface area contributed by atoms with Crippen molar-refractivity contribution >= 4 is 17.5 Å². The van der Waals surface area contributed by atoms with E-state index in [-0.39, 0.29) is 6.03 Å². The number of anilines is 2. The lowest BCUT2D eigenvalue weighted by Crippen LogP contribution is -2.50. The maximum absolute atomic E-state index is 12.3. The summed E-state index contributed by atoms with van der Waals surface area (Å²) in [5.41, 5.74) is 1.76. The summed E-state index contributed by atoms with van der Waals surface area (Å²) in [6, 6.07) is 14.3. The second kappa shape index (κ2) is 7.33. The largest absolute Gasteiger partial charge is 0.353 e. The van der Waals surface area contributed by atoms with Gasteiger partial charge in [-0.25, -0.2) is 9.78 Å². The van der Waals surface area contributed by atoms with E-state index in [1.54, 1.807) is 41.4 Å². The lowest BCUT2D eigenvalue weighted by Gasteiger charge is -2.35. The van der Waals surface area contributed by atoms with E-state index in [9.17, 15) is 4.79 Å². The minimum atomic E-state index is -0.155. The quantitative estimate of drug-likeness (QED) is 0.909. The van der Waals surface area contributed by atoms with Gasteiger partial charge in [0.05, 0.1) is 17.2 Å². The van der Waals surface area contributed by atoms with Gasteiger partial charge in [0.2, 0.25) is 0 Å². The van der Waals surface area contributed by atoms with Crippen LogP contribution in [0.5, 0.6) is 0 Å². The van der Waals surface area contributed by atoms with E-state index in [1.165, 1.54) is 0 Å². The summed E-state index contributed by atoms with van der Waals surface area (Å²) in [4.78, 5) is 20.5. The molecule has 0 atom stereocenters. The van der Waals surface area contributed by atoms with E-state index in [1.807, 2.05) is 18.2 Å². The molecule has 1 aromatic carbocycles. The Morgan fingerprint density at radius 1 is 0.960 bits per heavy atom. The van der Waals surface area contributed by atoms with Gasteiger partial charge in [-0.05, 0) is 36.4 Å². The summed E-state index contributed by atoms with van der Waals surface area (Å²) in [5.74, 6) is 0.811. The molecule has 0 bridgehead atoms. The number of carbonyl (C=O) groups excluding carboxylic acids is 1. The highest BCUT2D eigenvalue weighted by Gasteiger charge is 2.21. The van der Waals surface area contributed by atoms with Crippen LogP contribution in [-0.4, -0.2) is 42.1 Å². The lowest BCUT2D eigenvalue weighted by molar-refractivity contribution is 0.208. The molecule has 2 aromatic rings. The van der Waals surface area contributed by atoms with Gasteiger partial charge in [0.15, 0.2) is 0 Å². The van der Waals surface area contributed by atoms with E-state index in [2.05, 4.69) is 15.2 Å². The van der Waals surface area contributed by atoms with Gasteiger partial charge in [0.25, 0.3) is 0 Å². The van der Waals surface area contributed by atoms with Crippen molar-refractivity contribution in [1.82, 2.24) is 9.88 Å².